The summed E-state index contributed by atoms with van der Waals surface area (Å²) in [6, 6.07) is 5.60. The molecule has 1 aliphatic heterocycles. The van der Waals surface area contributed by atoms with Gasteiger partial charge in [0.05, 0.1) is 0 Å². The number of carbonyl (C=O) groups is 1. The van der Waals surface area contributed by atoms with Gasteiger partial charge in [-0.1, -0.05) is 6.07 Å². The van der Waals surface area contributed by atoms with Crippen molar-refractivity contribution in [1.29, 1.82) is 0 Å². The molecule has 0 saturated carbocycles. The number of carbonyl (C=O) groups excluding carboxylic acids is 1. The molecule has 0 unspecified atom stereocenters. The van der Waals surface area contributed by atoms with Gasteiger partial charge in [-0.3, -0.25) is 4.79 Å². The molecule has 74 valence electrons. The third-order valence-corrected chi connectivity index (χ3v) is 2.65. The van der Waals surface area contributed by atoms with E-state index in [1.807, 2.05) is 19.2 Å². The van der Waals surface area contributed by atoms with Crippen LogP contribution < -0.4 is 5.73 Å². The SMILES string of the molecule is CN1CCCc2ccc(N)cc2C1=O. The standard InChI is InChI=1S/C11H14N2O/c1-13-6-2-3-8-4-5-9(12)7-10(8)11(13)14/h4-5,7H,2-3,6,12H2,1H3. The predicted octanol–water partition coefficient (Wildman–Crippen LogP) is 1.29. The molecule has 0 saturated heterocycles. The van der Waals surface area contributed by atoms with E-state index in [2.05, 4.69) is 0 Å². The normalized spacial score (nSPS) is 16.4. The Morgan fingerprint density at radius 1 is 1.43 bits per heavy atom. The van der Waals surface area contributed by atoms with Crippen molar-refractivity contribution in [2.75, 3.05) is 19.3 Å². The lowest BCUT2D eigenvalue weighted by molar-refractivity contribution is 0.0800. The molecule has 3 heteroatoms. The molecule has 1 aliphatic rings. The minimum absolute atomic E-state index is 0.0878. The third kappa shape index (κ3) is 1.45. The highest BCUT2D eigenvalue weighted by Crippen LogP contribution is 2.20. The minimum Gasteiger partial charge on any atom is -0.399 e. The summed E-state index contributed by atoms with van der Waals surface area (Å²) >= 11 is 0. The van der Waals surface area contributed by atoms with Crippen molar-refractivity contribution >= 4 is 11.6 Å². The monoisotopic (exact) mass is 190 g/mol. The number of anilines is 1. The van der Waals surface area contributed by atoms with Crippen LogP contribution in [-0.2, 0) is 6.42 Å². The quantitative estimate of drug-likeness (QED) is 0.626. The van der Waals surface area contributed by atoms with Crippen molar-refractivity contribution in [3.05, 3.63) is 29.3 Å². The number of hydrogen-bond acceptors (Lipinski definition) is 2. The Kier molecular flexibility index (Phi) is 2.15. The van der Waals surface area contributed by atoms with Gasteiger partial charge in [0.25, 0.3) is 5.91 Å². The van der Waals surface area contributed by atoms with E-state index < -0.39 is 0 Å². The lowest BCUT2D eigenvalue weighted by Gasteiger charge is -2.14. The fourth-order valence-electron chi connectivity index (χ4n) is 1.83. The Morgan fingerprint density at radius 3 is 3.00 bits per heavy atom. The fraction of sp³-hybridized carbons (Fsp3) is 0.364. The zero-order chi connectivity index (χ0) is 10.1. The van der Waals surface area contributed by atoms with Crippen molar-refractivity contribution in [3.63, 3.8) is 0 Å². The first-order chi connectivity index (χ1) is 6.68. The van der Waals surface area contributed by atoms with Crippen molar-refractivity contribution in [1.82, 2.24) is 4.90 Å². The van der Waals surface area contributed by atoms with Crippen LogP contribution in [0, 0.1) is 0 Å². The highest BCUT2D eigenvalue weighted by molar-refractivity contribution is 5.96. The van der Waals surface area contributed by atoms with E-state index in [0.717, 1.165) is 30.5 Å². The maximum atomic E-state index is 11.9. The van der Waals surface area contributed by atoms with Crippen molar-refractivity contribution in [2.45, 2.75) is 12.8 Å². The molecule has 0 radical (unpaired) electrons. The largest absolute Gasteiger partial charge is 0.399 e. The Labute approximate surface area is 83.5 Å². The Morgan fingerprint density at radius 2 is 2.21 bits per heavy atom. The highest BCUT2D eigenvalue weighted by Gasteiger charge is 2.19. The fourth-order valence-corrected chi connectivity index (χ4v) is 1.83. The molecule has 0 aromatic heterocycles. The average Bonchev–Trinajstić information content (AvgIpc) is 2.30. The van der Waals surface area contributed by atoms with E-state index in [1.165, 1.54) is 0 Å². The van der Waals surface area contributed by atoms with Gasteiger partial charge in [0.15, 0.2) is 0 Å². The van der Waals surface area contributed by atoms with Gasteiger partial charge < -0.3 is 10.6 Å². The second-order valence-electron chi connectivity index (χ2n) is 3.75. The molecule has 1 amide bonds. The summed E-state index contributed by atoms with van der Waals surface area (Å²) in [4.78, 5) is 13.6. The molecule has 3 nitrogen and oxygen atoms in total. The summed E-state index contributed by atoms with van der Waals surface area (Å²) in [5, 5.41) is 0. The summed E-state index contributed by atoms with van der Waals surface area (Å²) in [6.45, 7) is 0.827. The average molecular weight is 190 g/mol. The molecule has 2 rings (SSSR count). The molecule has 14 heavy (non-hydrogen) atoms. The third-order valence-electron chi connectivity index (χ3n) is 2.65. The van der Waals surface area contributed by atoms with Gasteiger partial charge in [-0.2, -0.15) is 0 Å². The minimum atomic E-state index is 0.0878. The zero-order valence-corrected chi connectivity index (χ0v) is 8.29. The second kappa shape index (κ2) is 3.33. The first-order valence-corrected chi connectivity index (χ1v) is 4.82. The van der Waals surface area contributed by atoms with Gasteiger partial charge in [-0.25, -0.2) is 0 Å². The van der Waals surface area contributed by atoms with Gasteiger partial charge in [0.1, 0.15) is 0 Å². The van der Waals surface area contributed by atoms with Crippen LogP contribution in [0.5, 0.6) is 0 Å². The summed E-state index contributed by atoms with van der Waals surface area (Å²) in [7, 11) is 1.83. The summed E-state index contributed by atoms with van der Waals surface area (Å²) in [5.74, 6) is 0.0878. The van der Waals surface area contributed by atoms with Gasteiger partial charge in [0, 0.05) is 24.8 Å². The first-order valence-electron chi connectivity index (χ1n) is 4.82. The Hall–Kier alpha value is -1.51. The smallest absolute Gasteiger partial charge is 0.253 e. The molecule has 0 fully saturated rings. The van der Waals surface area contributed by atoms with Crippen LogP contribution in [-0.4, -0.2) is 24.4 Å². The zero-order valence-electron chi connectivity index (χ0n) is 8.29. The summed E-state index contributed by atoms with van der Waals surface area (Å²) in [5.41, 5.74) is 8.22. The number of nitrogens with two attached hydrogens (primary N) is 1. The number of benzene rings is 1. The highest BCUT2D eigenvalue weighted by atomic mass is 16.2. The molecule has 1 aromatic carbocycles. The molecular formula is C11H14N2O. The predicted molar refractivity (Wildman–Crippen MR) is 56.1 cm³/mol. The van der Waals surface area contributed by atoms with Crippen LogP contribution in [0.25, 0.3) is 0 Å². The van der Waals surface area contributed by atoms with Crippen LogP contribution in [0.2, 0.25) is 0 Å². The maximum Gasteiger partial charge on any atom is 0.253 e. The number of aryl methyl sites for hydroxylation is 1. The molecule has 0 spiro atoms. The molecule has 2 N–H and O–H groups in total. The van der Waals surface area contributed by atoms with E-state index >= 15 is 0 Å². The van der Waals surface area contributed by atoms with E-state index in [-0.39, 0.29) is 5.91 Å². The van der Waals surface area contributed by atoms with Crippen LogP contribution in [0.1, 0.15) is 22.3 Å². The van der Waals surface area contributed by atoms with Crippen molar-refractivity contribution in [2.24, 2.45) is 0 Å². The maximum absolute atomic E-state index is 11.9. The summed E-state index contributed by atoms with van der Waals surface area (Å²) in [6.07, 6.45) is 1.99. The van der Waals surface area contributed by atoms with E-state index in [1.54, 1.807) is 11.0 Å². The van der Waals surface area contributed by atoms with Crippen LogP contribution in [0.4, 0.5) is 5.69 Å². The van der Waals surface area contributed by atoms with Gasteiger partial charge in [0.2, 0.25) is 0 Å². The second-order valence-corrected chi connectivity index (χ2v) is 3.75. The Balaban J connectivity index is 2.50. The van der Waals surface area contributed by atoms with E-state index in [4.69, 9.17) is 5.73 Å². The van der Waals surface area contributed by atoms with Crippen molar-refractivity contribution in [3.8, 4) is 0 Å². The molecule has 0 aliphatic carbocycles. The van der Waals surface area contributed by atoms with Crippen LogP contribution >= 0.6 is 0 Å². The van der Waals surface area contributed by atoms with Crippen molar-refractivity contribution < 1.29 is 4.79 Å². The number of amides is 1. The lowest BCUT2D eigenvalue weighted by atomic mass is 10.0. The van der Waals surface area contributed by atoms with Crippen LogP contribution in [0.15, 0.2) is 18.2 Å². The van der Waals surface area contributed by atoms with Gasteiger partial charge in [-0.15, -0.1) is 0 Å². The molecule has 1 aromatic rings. The van der Waals surface area contributed by atoms with Gasteiger partial charge >= 0.3 is 0 Å². The number of nitrogen functional groups attached to an aromatic ring is 1. The topological polar surface area (TPSA) is 46.3 Å². The number of fused-ring (bicyclic) bond motifs is 1. The number of nitrogens with zero attached hydrogens (tertiary/aromatic N) is 1. The van der Waals surface area contributed by atoms with E-state index in [0.29, 0.717) is 5.69 Å². The molecule has 1 heterocycles. The van der Waals surface area contributed by atoms with Gasteiger partial charge in [-0.05, 0) is 30.5 Å². The lowest BCUT2D eigenvalue weighted by Crippen LogP contribution is -2.26. The van der Waals surface area contributed by atoms with Crippen LogP contribution in [0.3, 0.4) is 0 Å². The first kappa shape index (κ1) is 9.06. The van der Waals surface area contributed by atoms with E-state index in [9.17, 15) is 4.79 Å². The number of hydrogen-bond donors (Lipinski definition) is 1. The molecule has 0 atom stereocenters. The Bertz CT molecular complexity index is 374. The summed E-state index contributed by atoms with van der Waals surface area (Å²) < 4.78 is 0. The molecule has 0 bridgehead atoms. The molecular weight excluding hydrogens is 176 g/mol. The number of rotatable bonds is 0.